The van der Waals surface area contributed by atoms with Crippen LogP contribution in [0.3, 0.4) is 0 Å². The molecule has 0 spiro atoms. The van der Waals surface area contributed by atoms with Crippen molar-refractivity contribution in [3.8, 4) is 28.5 Å². The number of rotatable bonds is 13. The predicted octanol–water partition coefficient (Wildman–Crippen LogP) is 4.94. The van der Waals surface area contributed by atoms with Crippen molar-refractivity contribution in [2.75, 3.05) is 47.6 Å². The molecule has 10 nitrogen and oxygen atoms in total. The van der Waals surface area contributed by atoms with Crippen LogP contribution in [0.25, 0.3) is 11.3 Å². The zero-order valence-corrected chi connectivity index (χ0v) is 24.5. The number of carbonyl (C=O) groups excluding carboxylic acids is 2. The zero-order valence-electron chi connectivity index (χ0n) is 23.7. The summed E-state index contributed by atoms with van der Waals surface area (Å²) in [5.74, 6) is -0.0870. The van der Waals surface area contributed by atoms with Crippen LogP contribution in [0.15, 0.2) is 52.8 Å². The molecule has 3 aromatic rings. The molecule has 1 N–H and O–H groups in total. The monoisotopic (exact) mass is 610 g/mol. The summed E-state index contributed by atoms with van der Waals surface area (Å²) in [7, 11) is 4.50. The maximum Gasteiger partial charge on any atom is 0.573 e. The number of halogens is 3. The minimum atomic E-state index is -4.81. The van der Waals surface area contributed by atoms with Gasteiger partial charge in [0.25, 0.3) is 5.91 Å². The summed E-state index contributed by atoms with van der Waals surface area (Å²) in [6, 6.07) is 9.96. The van der Waals surface area contributed by atoms with Crippen molar-refractivity contribution in [2.24, 2.45) is 4.99 Å². The molecule has 14 heteroatoms. The first-order valence-corrected chi connectivity index (χ1v) is 13.9. The number of alkyl halides is 3. The van der Waals surface area contributed by atoms with Crippen molar-refractivity contribution < 1.29 is 41.7 Å². The largest absolute Gasteiger partial charge is 0.573 e. The van der Waals surface area contributed by atoms with E-state index in [0.717, 1.165) is 0 Å². The van der Waals surface area contributed by atoms with Crippen LogP contribution in [0.2, 0.25) is 0 Å². The fourth-order valence-corrected chi connectivity index (χ4v) is 4.90. The summed E-state index contributed by atoms with van der Waals surface area (Å²) >= 11 is 1.20. The fraction of sp³-hybridized carbons (Fsp3) is 0.393. The van der Waals surface area contributed by atoms with Crippen molar-refractivity contribution >= 4 is 23.3 Å². The minimum Gasteiger partial charge on any atom is -0.497 e. The van der Waals surface area contributed by atoms with Crippen LogP contribution in [-0.2, 0) is 11.3 Å². The highest BCUT2D eigenvalue weighted by molar-refractivity contribution is 7.07. The van der Waals surface area contributed by atoms with Gasteiger partial charge in [0.05, 0.1) is 32.1 Å². The third-order valence-electron chi connectivity index (χ3n) is 6.09. The number of hydrogen-bond acceptors (Lipinski definition) is 7. The molecule has 0 radical (unpaired) electrons. The fourth-order valence-electron chi connectivity index (χ4n) is 3.96. The van der Waals surface area contributed by atoms with E-state index in [1.54, 1.807) is 40.2 Å². The van der Waals surface area contributed by atoms with E-state index in [2.05, 4.69) is 15.0 Å². The Bertz CT molecular complexity index is 1410. The Kier molecular flexibility index (Phi) is 11.8. The van der Waals surface area contributed by atoms with E-state index in [4.69, 9.17) is 14.2 Å². The molecule has 0 atom stereocenters. The van der Waals surface area contributed by atoms with Gasteiger partial charge in [-0.25, -0.2) is 4.79 Å². The number of likely N-dealkylation sites (N-methyl/N-ethyl adjacent to an activating group) is 1. The third kappa shape index (κ3) is 8.98. The van der Waals surface area contributed by atoms with Gasteiger partial charge < -0.3 is 33.7 Å². The molecule has 3 rings (SSSR count). The van der Waals surface area contributed by atoms with Crippen molar-refractivity contribution in [3.05, 3.63) is 58.2 Å². The Balaban J connectivity index is 1.89. The molecule has 3 amide bonds. The SMILES string of the molecule is CCN(CCOC)C(=O)NCCCn1c(-c2ccc(OC(F)(F)F)cc2)cs/c1=N\C(=O)c1ccc(OC)cc1OC. The number of ether oxygens (including phenoxy) is 4. The summed E-state index contributed by atoms with van der Waals surface area (Å²) in [6.45, 7) is 3.96. The Labute approximate surface area is 245 Å². The standard InChI is InChI=1S/C28H33F3N4O6S/c1-5-34(15-16-38-2)26(37)32-13-6-14-35-23(19-7-9-20(10-8-19)41-28(29,30)31)18-42-27(35)33-25(36)22-12-11-21(39-3)17-24(22)40-4/h7-12,17-18H,5-6,13-16H2,1-4H3,(H,32,37)/b33-27-. The van der Waals surface area contributed by atoms with Crippen molar-refractivity contribution in [1.29, 1.82) is 0 Å². The average molecular weight is 611 g/mol. The number of benzene rings is 2. The first kappa shape index (κ1) is 32.5. The lowest BCUT2D eigenvalue weighted by molar-refractivity contribution is -0.274. The Morgan fingerprint density at radius 2 is 1.76 bits per heavy atom. The van der Waals surface area contributed by atoms with Gasteiger partial charge in [0.15, 0.2) is 4.80 Å². The summed E-state index contributed by atoms with van der Waals surface area (Å²) in [5.41, 5.74) is 1.46. The average Bonchev–Trinajstić information content (AvgIpc) is 3.36. The highest BCUT2D eigenvalue weighted by Gasteiger charge is 2.31. The predicted molar refractivity (Wildman–Crippen MR) is 151 cm³/mol. The van der Waals surface area contributed by atoms with Gasteiger partial charge in [-0.15, -0.1) is 24.5 Å². The Morgan fingerprint density at radius 3 is 2.38 bits per heavy atom. The molecule has 1 aromatic heterocycles. The lowest BCUT2D eigenvalue weighted by Crippen LogP contribution is -2.42. The van der Waals surface area contributed by atoms with E-state index < -0.39 is 12.3 Å². The second-order valence-electron chi connectivity index (χ2n) is 8.77. The smallest absolute Gasteiger partial charge is 0.497 e. The Morgan fingerprint density at radius 1 is 1.05 bits per heavy atom. The molecular weight excluding hydrogens is 577 g/mol. The molecule has 1 heterocycles. The second-order valence-corrected chi connectivity index (χ2v) is 9.61. The summed E-state index contributed by atoms with van der Waals surface area (Å²) in [6.07, 6.45) is -4.32. The molecule has 0 saturated heterocycles. The van der Waals surface area contributed by atoms with Crippen molar-refractivity contribution in [3.63, 3.8) is 0 Å². The van der Waals surface area contributed by atoms with E-state index >= 15 is 0 Å². The number of urea groups is 1. The van der Waals surface area contributed by atoms with Crippen LogP contribution in [0.4, 0.5) is 18.0 Å². The summed E-state index contributed by atoms with van der Waals surface area (Å²) in [5, 5.41) is 4.64. The van der Waals surface area contributed by atoms with Gasteiger partial charge in [-0.3, -0.25) is 4.79 Å². The molecule has 2 aromatic carbocycles. The third-order valence-corrected chi connectivity index (χ3v) is 6.95. The quantitative estimate of drug-likeness (QED) is 0.275. The lowest BCUT2D eigenvalue weighted by Gasteiger charge is -2.21. The van der Waals surface area contributed by atoms with E-state index in [9.17, 15) is 22.8 Å². The number of nitrogens with one attached hydrogen (secondary N) is 1. The van der Waals surface area contributed by atoms with E-state index in [1.807, 2.05) is 6.92 Å². The Hall–Kier alpha value is -4.04. The van der Waals surface area contributed by atoms with Gasteiger partial charge in [-0.2, -0.15) is 4.99 Å². The highest BCUT2D eigenvalue weighted by atomic mass is 32.1. The van der Waals surface area contributed by atoms with Gasteiger partial charge >= 0.3 is 12.4 Å². The van der Waals surface area contributed by atoms with Crippen LogP contribution in [-0.4, -0.2) is 75.3 Å². The molecule has 0 saturated carbocycles. The minimum absolute atomic E-state index is 0.225. The molecule has 0 fully saturated rings. The molecule has 42 heavy (non-hydrogen) atoms. The van der Waals surface area contributed by atoms with E-state index in [1.165, 1.54) is 49.8 Å². The van der Waals surface area contributed by atoms with E-state index in [0.29, 0.717) is 66.8 Å². The first-order valence-electron chi connectivity index (χ1n) is 13.0. The molecule has 0 aliphatic carbocycles. The summed E-state index contributed by atoms with van der Waals surface area (Å²) < 4.78 is 59.2. The highest BCUT2D eigenvalue weighted by Crippen LogP contribution is 2.28. The maximum atomic E-state index is 13.2. The van der Waals surface area contributed by atoms with Crippen molar-refractivity contribution in [2.45, 2.75) is 26.3 Å². The molecular formula is C28H33F3N4O6S. The molecule has 0 aliphatic rings. The lowest BCUT2D eigenvalue weighted by atomic mass is 10.1. The zero-order chi connectivity index (χ0) is 30.7. The molecule has 0 aliphatic heterocycles. The molecule has 0 unspecified atom stereocenters. The topological polar surface area (TPSA) is 104 Å². The number of amides is 3. The second kappa shape index (κ2) is 15.3. The number of thiazole rings is 1. The van der Waals surface area contributed by atoms with Gasteiger partial charge in [-0.05, 0) is 55.3 Å². The normalized spacial score (nSPS) is 11.7. The van der Waals surface area contributed by atoms with Crippen molar-refractivity contribution in [1.82, 2.24) is 14.8 Å². The van der Waals surface area contributed by atoms with Crippen LogP contribution >= 0.6 is 11.3 Å². The van der Waals surface area contributed by atoms with E-state index in [-0.39, 0.29) is 17.3 Å². The van der Waals surface area contributed by atoms with Crippen LogP contribution < -0.4 is 24.3 Å². The number of methoxy groups -OCH3 is 3. The molecule has 228 valence electrons. The number of nitrogens with zero attached hydrogens (tertiary/aromatic N) is 3. The van der Waals surface area contributed by atoms with Gasteiger partial charge in [0.1, 0.15) is 17.2 Å². The first-order chi connectivity index (χ1) is 20.1. The number of aromatic nitrogens is 1. The van der Waals surface area contributed by atoms with Crippen LogP contribution in [0.5, 0.6) is 17.2 Å². The molecule has 0 bridgehead atoms. The summed E-state index contributed by atoms with van der Waals surface area (Å²) in [4.78, 5) is 32.0. The van der Waals surface area contributed by atoms with Gasteiger partial charge in [-0.1, -0.05) is 0 Å². The van der Waals surface area contributed by atoms with Gasteiger partial charge in [0.2, 0.25) is 0 Å². The number of carbonyl (C=O) groups is 2. The van der Waals surface area contributed by atoms with Gasteiger partial charge in [0, 0.05) is 44.7 Å². The maximum absolute atomic E-state index is 13.2. The van der Waals surface area contributed by atoms with Crippen LogP contribution in [0.1, 0.15) is 23.7 Å². The number of hydrogen-bond donors (Lipinski definition) is 1. The van der Waals surface area contributed by atoms with Crippen LogP contribution in [0, 0.1) is 0 Å².